The molecule has 1 aliphatic heterocycles. The molecule has 0 saturated carbocycles. The molecule has 0 radical (unpaired) electrons. The van der Waals surface area contributed by atoms with Crippen molar-refractivity contribution in [3.63, 3.8) is 0 Å². The summed E-state index contributed by atoms with van der Waals surface area (Å²) in [4.78, 5) is 50.6. The summed E-state index contributed by atoms with van der Waals surface area (Å²) in [5.74, 6) is -2.09. The van der Waals surface area contributed by atoms with Crippen LogP contribution in [0.15, 0.2) is 0 Å². The molecule has 202 valence electrons. The van der Waals surface area contributed by atoms with Crippen molar-refractivity contribution in [1.82, 2.24) is 21.1 Å². The highest BCUT2D eigenvalue weighted by molar-refractivity contribution is 6.67. The quantitative estimate of drug-likeness (QED) is 0.288. The fraction of sp³-hybridized carbons (Fsp3) is 0.810. The molecule has 0 spiro atoms. The normalized spacial score (nSPS) is 18.5. The van der Waals surface area contributed by atoms with Crippen LogP contribution in [0.2, 0.25) is 0 Å². The van der Waals surface area contributed by atoms with Gasteiger partial charge in [0, 0.05) is 13.7 Å². The number of carbonyl (C=O) groups excluding carboxylic acids is 4. The Labute approximate surface area is 220 Å². The summed E-state index contributed by atoms with van der Waals surface area (Å²) in [5, 5.41) is 6.38. The van der Waals surface area contributed by atoms with Gasteiger partial charge in [0.15, 0.2) is 0 Å². The number of rotatable bonds is 9. The first kappa shape index (κ1) is 31.5. The van der Waals surface area contributed by atoms with Gasteiger partial charge in [0.25, 0.3) is 5.91 Å². The van der Waals surface area contributed by atoms with E-state index in [-0.39, 0.29) is 19.1 Å². The largest absolute Gasteiger partial charge is 0.460 e. The van der Waals surface area contributed by atoms with Gasteiger partial charge in [-0.3, -0.25) is 19.4 Å². The van der Waals surface area contributed by atoms with E-state index >= 15 is 0 Å². The van der Waals surface area contributed by atoms with E-state index in [0.717, 1.165) is 0 Å². The summed E-state index contributed by atoms with van der Waals surface area (Å²) >= 11 is 16.8. The molecule has 11 nitrogen and oxygen atoms in total. The molecule has 0 aromatic heterocycles. The summed E-state index contributed by atoms with van der Waals surface area (Å²) in [5.41, 5.74) is 2.05. The van der Waals surface area contributed by atoms with Crippen LogP contribution in [-0.2, 0) is 28.6 Å². The number of hydrogen-bond donors (Lipinski definition) is 3. The van der Waals surface area contributed by atoms with E-state index in [1.54, 1.807) is 34.6 Å². The number of alkyl halides is 3. The van der Waals surface area contributed by atoms with Crippen LogP contribution >= 0.6 is 34.8 Å². The Balaban J connectivity index is 2.85. The van der Waals surface area contributed by atoms with Crippen LogP contribution < -0.4 is 16.1 Å². The van der Waals surface area contributed by atoms with Crippen LogP contribution in [-0.4, -0.2) is 83.3 Å². The zero-order valence-electron chi connectivity index (χ0n) is 20.8. The Morgan fingerprint density at radius 2 is 1.74 bits per heavy atom. The Kier molecular flexibility index (Phi) is 12.3. The van der Waals surface area contributed by atoms with Crippen LogP contribution in [0, 0.1) is 5.92 Å². The van der Waals surface area contributed by atoms with Crippen molar-refractivity contribution in [2.75, 3.05) is 26.9 Å². The molecule has 3 atom stereocenters. The van der Waals surface area contributed by atoms with Gasteiger partial charge >= 0.3 is 12.1 Å². The number of nitrogens with zero attached hydrogens (tertiary/aromatic N) is 1. The van der Waals surface area contributed by atoms with Crippen LogP contribution in [0.3, 0.4) is 0 Å². The SMILES string of the molecule is COC[C@H](NC(=O)[C@@H](NC(=O)OC(C)(C)C)C(C)C)C(=O)N1CCC[C@@H](C(=O)OCC(Cl)(Cl)Cl)N1. The zero-order chi connectivity index (χ0) is 27.0. The van der Waals surface area contributed by atoms with E-state index in [0.29, 0.717) is 12.8 Å². The first-order chi connectivity index (χ1) is 16.0. The van der Waals surface area contributed by atoms with Gasteiger partial charge in [-0.15, -0.1) is 0 Å². The minimum atomic E-state index is -1.76. The number of hydrogen-bond acceptors (Lipinski definition) is 8. The number of halogens is 3. The summed E-state index contributed by atoms with van der Waals surface area (Å²) in [7, 11) is 1.38. The molecular formula is C21H35Cl3N4O7. The molecule has 1 rings (SSSR count). The van der Waals surface area contributed by atoms with E-state index in [1.165, 1.54) is 12.1 Å². The number of esters is 1. The predicted octanol–water partition coefficient (Wildman–Crippen LogP) is 2.08. The van der Waals surface area contributed by atoms with E-state index in [9.17, 15) is 19.2 Å². The van der Waals surface area contributed by atoms with Crippen molar-refractivity contribution < 1.29 is 33.4 Å². The van der Waals surface area contributed by atoms with Crippen molar-refractivity contribution in [2.24, 2.45) is 5.92 Å². The van der Waals surface area contributed by atoms with Gasteiger partial charge in [-0.1, -0.05) is 48.7 Å². The third-order valence-electron chi connectivity index (χ3n) is 4.68. The number of amides is 3. The molecule has 35 heavy (non-hydrogen) atoms. The molecule has 3 amide bonds. The number of ether oxygens (including phenoxy) is 3. The lowest BCUT2D eigenvalue weighted by Gasteiger charge is -2.35. The molecule has 1 fully saturated rings. The second-order valence-electron chi connectivity index (χ2n) is 9.42. The lowest BCUT2D eigenvalue weighted by Crippen LogP contribution is -2.62. The lowest BCUT2D eigenvalue weighted by atomic mass is 10.0. The van der Waals surface area contributed by atoms with Gasteiger partial charge in [0.2, 0.25) is 9.70 Å². The molecule has 0 aliphatic carbocycles. The average Bonchev–Trinajstić information content (AvgIpc) is 2.73. The van der Waals surface area contributed by atoms with E-state index in [1.807, 2.05) is 0 Å². The molecule has 1 heterocycles. The van der Waals surface area contributed by atoms with Crippen molar-refractivity contribution in [3.8, 4) is 0 Å². The smallest absolute Gasteiger partial charge is 0.408 e. The first-order valence-electron chi connectivity index (χ1n) is 11.1. The molecule has 1 saturated heterocycles. The zero-order valence-corrected chi connectivity index (χ0v) is 23.1. The van der Waals surface area contributed by atoms with Crippen LogP contribution in [0.25, 0.3) is 0 Å². The Hall–Kier alpha value is -1.53. The minimum Gasteiger partial charge on any atom is -0.460 e. The van der Waals surface area contributed by atoms with Crippen molar-refractivity contribution in [2.45, 2.75) is 75.0 Å². The van der Waals surface area contributed by atoms with Gasteiger partial charge < -0.3 is 24.8 Å². The average molecular weight is 562 g/mol. The van der Waals surface area contributed by atoms with Gasteiger partial charge in [-0.05, 0) is 39.5 Å². The molecule has 14 heteroatoms. The highest BCUT2D eigenvalue weighted by Gasteiger charge is 2.36. The van der Waals surface area contributed by atoms with E-state index < -0.39 is 58.0 Å². The standard InChI is InChI=1S/C21H35Cl3N4O7/c1-12(2)15(26-19(32)35-20(3,4)5)16(29)25-14(10-33-6)17(30)28-9-7-8-13(27-28)18(31)34-11-21(22,23)24/h12-15,27H,7-11H2,1-6H3,(H,25,29)(H,26,32)/t13-,14-,15-/m0/s1. The molecule has 1 aliphatic rings. The minimum absolute atomic E-state index is 0.137. The van der Waals surface area contributed by atoms with Gasteiger partial charge in [0.1, 0.15) is 30.3 Å². The van der Waals surface area contributed by atoms with Gasteiger partial charge in [-0.2, -0.15) is 0 Å². The molecule has 3 N–H and O–H groups in total. The van der Waals surface area contributed by atoms with Crippen molar-refractivity contribution in [3.05, 3.63) is 0 Å². The number of carbonyl (C=O) groups is 4. The summed E-state index contributed by atoms with van der Waals surface area (Å²) < 4.78 is 13.6. The van der Waals surface area contributed by atoms with Crippen LogP contribution in [0.5, 0.6) is 0 Å². The molecule has 0 bridgehead atoms. The number of alkyl carbamates (subject to hydrolysis) is 1. The Morgan fingerprint density at radius 1 is 1.11 bits per heavy atom. The topological polar surface area (TPSA) is 135 Å². The number of nitrogens with one attached hydrogen (secondary N) is 3. The maximum atomic E-state index is 13.2. The predicted molar refractivity (Wildman–Crippen MR) is 131 cm³/mol. The lowest BCUT2D eigenvalue weighted by molar-refractivity contribution is -0.153. The van der Waals surface area contributed by atoms with Crippen molar-refractivity contribution in [1.29, 1.82) is 0 Å². The van der Waals surface area contributed by atoms with E-state index in [2.05, 4.69) is 16.1 Å². The second-order valence-corrected chi connectivity index (χ2v) is 11.9. The number of hydrazine groups is 1. The summed E-state index contributed by atoms with van der Waals surface area (Å²) in [6.45, 7) is 8.31. The monoisotopic (exact) mass is 560 g/mol. The van der Waals surface area contributed by atoms with E-state index in [4.69, 9.17) is 49.0 Å². The third-order valence-corrected chi connectivity index (χ3v) is 5.01. The van der Waals surface area contributed by atoms with Crippen LogP contribution in [0.1, 0.15) is 47.5 Å². The van der Waals surface area contributed by atoms with Crippen LogP contribution in [0.4, 0.5) is 4.79 Å². The Bertz CT molecular complexity index is 756. The first-order valence-corrected chi connectivity index (χ1v) is 12.3. The Morgan fingerprint density at radius 3 is 2.26 bits per heavy atom. The fourth-order valence-corrected chi connectivity index (χ4v) is 3.29. The summed E-state index contributed by atoms with van der Waals surface area (Å²) in [6.07, 6.45) is 0.142. The highest BCUT2D eigenvalue weighted by atomic mass is 35.6. The summed E-state index contributed by atoms with van der Waals surface area (Å²) in [6, 6.07) is -2.88. The third kappa shape index (κ3) is 11.8. The maximum absolute atomic E-state index is 13.2. The molecule has 0 aromatic rings. The van der Waals surface area contributed by atoms with Gasteiger partial charge in [0.05, 0.1) is 6.61 Å². The maximum Gasteiger partial charge on any atom is 0.408 e. The molecular weight excluding hydrogens is 527 g/mol. The number of methoxy groups -OCH3 is 1. The van der Waals surface area contributed by atoms with Gasteiger partial charge in [-0.25, -0.2) is 10.2 Å². The second kappa shape index (κ2) is 13.7. The highest BCUT2D eigenvalue weighted by Crippen LogP contribution is 2.26. The molecule has 0 unspecified atom stereocenters. The van der Waals surface area contributed by atoms with Crippen molar-refractivity contribution >= 4 is 58.7 Å². The fourth-order valence-electron chi connectivity index (χ4n) is 3.13. The molecule has 0 aromatic carbocycles.